The van der Waals surface area contributed by atoms with Crippen molar-refractivity contribution in [1.82, 2.24) is 4.98 Å². The molecular formula is C14H12BrN3. The maximum Gasteiger partial charge on any atom is 0.0992 e. The molecule has 0 spiro atoms. The second-order valence-electron chi connectivity index (χ2n) is 3.99. The minimum Gasteiger partial charge on any atom is -0.378 e. The number of anilines is 1. The number of hydrogen-bond acceptors (Lipinski definition) is 3. The molecule has 0 aliphatic heterocycles. The largest absolute Gasteiger partial charge is 0.378 e. The Hall–Kier alpha value is -1.86. The van der Waals surface area contributed by atoms with Crippen molar-refractivity contribution in [1.29, 1.82) is 5.26 Å². The summed E-state index contributed by atoms with van der Waals surface area (Å²) in [6.07, 6.45) is 1.85. The predicted octanol–water partition coefficient (Wildman–Crippen LogP) is 3.64. The highest BCUT2D eigenvalue weighted by atomic mass is 79.9. The summed E-state index contributed by atoms with van der Waals surface area (Å²) in [7, 11) is 0. The summed E-state index contributed by atoms with van der Waals surface area (Å²) in [5, 5.41) is 12.1. The Morgan fingerprint density at radius 2 is 2.17 bits per heavy atom. The summed E-state index contributed by atoms with van der Waals surface area (Å²) in [4.78, 5) is 4.33. The molecule has 18 heavy (non-hydrogen) atoms. The third-order valence-electron chi connectivity index (χ3n) is 2.53. The lowest BCUT2D eigenvalue weighted by Gasteiger charge is -2.08. The van der Waals surface area contributed by atoms with Crippen molar-refractivity contribution in [3.05, 3.63) is 57.8 Å². The second kappa shape index (κ2) is 5.65. The molecule has 3 nitrogen and oxygen atoms in total. The first kappa shape index (κ1) is 12.6. The van der Waals surface area contributed by atoms with E-state index < -0.39 is 0 Å². The van der Waals surface area contributed by atoms with Gasteiger partial charge in [-0.2, -0.15) is 5.26 Å². The number of aromatic nitrogens is 1. The van der Waals surface area contributed by atoms with Gasteiger partial charge in [-0.1, -0.05) is 6.07 Å². The molecule has 0 radical (unpaired) electrons. The minimum absolute atomic E-state index is 0.640. The van der Waals surface area contributed by atoms with E-state index in [-0.39, 0.29) is 0 Å². The third kappa shape index (κ3) is 3.08. The van der Waals surface area contributed by atoms with E-state index in [2.05, 4.69) is 32.3 Å². The van der Waals surface area contributed by atoms with Gasteiger partial charge < -0.3 is 5.32 Å². The molecule has 0 aliphatic carbocycles. The van der Waals surface area contributed by atoms with Crippen LogP contribution < -0.4 is 5.32 Å². The quantitative estimate of drug-likeness (QED) is 0.941. The van der Waals surface area contributed by atoms with Crippen LogP contribution in [0, 0.1) is 18.3 Å². The van der Waals surface area contributed by atoms with E-state index in [0.29, 0.717) is 12.1 Å². The molecular weight excluding hydrogens is 290 g/mol. The van der Waals surface area contributed by atoms with Crippen molar-refractivity contribution < 1.29 is 0 Å². The van der Waals surface area contributed by atoms with Crippen LogP contribution in [-0.4, -0.2) is 4.98 Å². The lowest BCUT2D eigenvalue weighted by molar-refractivity contribution is 1.03. The Bertz CT molecular complexity index is 585. The summed E-state index contributed by atoms with van der Waals surface area (Å²) < 4.78 is 0.883. The number of nitrogens with one attached hydrogen (secondary N) is 1. The van der Waals surface area contributed by atoms with Crippen LogP contribution in [0.25, 0.3) is 0 Å². The molecule has 4 heteroatoms. The monoisotopic (exact) mass is 301 g/mol. The Morgan fingerprint density at radius 1 is 1.33 bits per heavy atom. The van der Waals surface area contributed by atoms with Gasteiger partial charge in [0, 0.05) is 16.4 Å². The molecule has 0 atom stereocenters. The highest BCUT2D eigenvalue weighted by molar-refractivity contribution is 9.10. The molecule has 2 aromatic rings. The summed E-state index contributed by atoms with van der Waals surface area (Å²) >= 11 is 3.44. The van der Waals surface area contributed by atoms with Crippen molar-refractivity contribution in [2.45, 2.75) is 13.5 Å². The van der Waals surface area contributed by atoms with Crippen LogP contribution in [0.5, 0.6) is 0 Å². The van der Waals surface area contributed by atoms with Crippen molar-refractivity contribution in [2.75, 3.05) is 5.32 Å². The highest BCUT2D eigenvalue weighted by Gasteiger charge is 2.01. The Kier molecular flexibility index (Phi) is 3.96. The van der Waals surface area contributed by atoms with Crippen LogP contribution >= 0.6 is 15.9 Å². The molecule has 2 rings (SSSR count). The normalized spacial score (nSPS) is 9.83. The van der Waals surface area contributed by atoms with Gasteiger partial charge in [0.25, 0.3) is 0 Å². The number of halogens is 1. The SMILES string of the molecule is Cc1ccc(CNc2ccc(C#N)cc2Br)nc1. The van der Waals surface area contributed by atoms with E-state index in [1.54, 1.807) is 12.1 Å². The fraction of sp³-hybridized carbons (Fsp3) is 0.143. The molecule has 0 unspecified atom stereocenters. The van der Waals surface area contributed by atoms with E-state index >= 15 is 0 Å². The molecule has 1 aromatic heterocycles. The summed E-state index contributed by atoms with van der Waals surface area (Å²) in [5.74, 6) is 0. The van der Waals surface area contributed by atoms with Gasteiger partial charge in [0.2, 0.25) is 0 Å². The molecule has 0 fully saturated rings. The molecule has 0 aliphatic rings. The zero-order chi connectivity index (χ0) is 13.0. The molecule has 0 bridgehead atoms. The van der Waals surface area contributed by atoms with E-state index in [1.165, 1.54) is 0 Å². The van der Waals surface area contributed by atoms with Crippen LogP contribution in [0.15, 0.2) is 41.0 Å². The van der Waals surface area contributed by atoms with Crippen LogP contribution in [0.4, 0.5) is 5.69 Å². The lowest BCUT2D eigenvalue weighted by atomic mass is 10.2. The van der Waals surface area contributed by atoms with Crippen LogP contribution in [-0.2, 0) is 6.54 Å². The minimum atomic E-state index is 0.640. The van der Waals surface area contributed by atoms with Gasteiger partial charge in [-0.15, -0.1) is 0 Å². The van der Waals surface area contributed by atoms with Gasteiger partial charge in [-0.05, 0) is 52.7 Å². The number of benzene rings is 1. The first-order chi connectivity index (χ1) is 8.69. The van der Waals surface area contributed by atoms with Gasteiger partial charge in [0.15, 0.2) is 0 Å². The van der Waals surface area contributed by atoms with E-state index in [1.807, 2.05) is 31.3 Å². The molecule has 1 N–H and O–H groups in total. The number of hydrogen-bond donors (Lipinski definition) is 1. The van der Waals surface area contributed by atoms with Crippen LogP contribution in [0.3, 0.4) is 0 Å². The smallest absolute Gasteiger partial charge is 0.0992 e. The molecule has 90 valence electrons. The molecule has 1 aromatic carbocycles. The maximum atomic E-state index is 8.79. The fourth-order valence-electron chi connectivity index (χ4n) is 1.52. The van der Waals surface area contributed by atoms with E-state index in [4.69, 9.17) is 5.26 Å². The lowest BCUT2D eigenvalue weighted by Crippen LogP contribution is -2.02. The Morgan fingerprint density at radius 3 is 2.78 bits per heavy atom. The Balaban J connectivity index is 2.06. The van der Waals surface area contributed by atoms with E-state index in [9.17, 15) is 0 Å². The summed E-state index contributed by atoms with van der Waals surface area (Å²) in [6, 6.07) is 11.6. The zero-order valence-corrected chi connectivity index (χ0v) is 11.5. The first-order valence-corrected chi connectivity index (χ1v) is 6.33. The first-order valence-electron chi connectivity index (χ1n) is 5.54. The highest BCUT2D eigenvalue weighted by Crippen LogP contribution is 2.23. The van der Waals surface area contributed by atoms with Gasteiger partial charge in [-0.3, -0.25) is 4.98 Å². The van der Waals surface area contributed by atoms with Crippen LogP contribution in [0.1, 0.15) is 16.8 Å². The number of nitriles is 1. The van der Waals surface area contributed by atoms with Crippen LogP contribution in [0.2, 0.25) is 0 Å². The third-order valence-corrected chi connectivity index (χ3v) is 3.19. The molecule has 1 heterocycles. The van der Waals surface area contributed by atoms with Gasteiger partial charge >= 0.3 is 0 Å². The van der Waals surface area contributed by atoms with Gasteiger partial charge in [0.05, 0.1) is 23.9 Å². The molecule has 0 amide bonds. The summed E-state index contributed by atoms with van der Waals surface area (Å²) in [6.45, 7) is 2.67. The Labute approximate surface area is 115 Å². The topological polar surface area (TPSA) is 48.7 Å². The summed E-state index contributed by atoms with van der Waals surface area (Å²) in [5.41, 5.74) is 3.73. The van der Waals surface area contributed by atoms with E-state index in [0.717, 1.165) is 21.4 Å². The average Bonchev–Trinajstić information content (AvgIpc) is 2.39. The van der Waals surface area contributed by atoms with Crippen molar-refractivity contribution in [2.24, 2.45) is 0 Å². The second-order valence-corrected chi connectivity index (χ2v) is 4.84. The van der Waals surface area contributed by atoms with Crippen molar-refractivity contribution in [3.63, 3.8) is 0 Å². The number of nitrogens with zero attached hydrogens (tertiary/aromatic N) is 2. The van der Waals surface area contributed by atoms with Crippen molar-refractivity contribution in [3.8, 4) is 6.07 Å². The number of aryl methyl sites for hydroxylation is 1. The molecule has 0 saturated carbocycles. The van der Waals surface area contributed by atoms with Crippen molar-refractivity contribution >= 4 is 21.6 Å². The number of pyridine rings is 1. The average molecular weight is 302 g/mol. The predicted molar refractivity (Wildman–Crippen MR) is 75.2 cm³/mol. The number of rotatable bonds is 3. The van der Waals surface area contributed by atoms with Gasteiger partial charge in [-0.25, -0.2) is 0 Å². The zero-order valence-electron chi connectivity index (χ0n) is 9.94. The fourth-order valence-corrected chi connectivity index (χ4v) is 2.04. The standard InChI is InChI=1S/C14H12BrN3/c1-10-2-4-12(17-8-10)9-18-14-5-3-11(7-16)6-13(14)15/h2-6,8,18H,9H2,1H3. The molecule has 0 saturated heterocycles. The van der Waals surface area contributed by atoms with Gasteiger partial charge in [0.1, 0.15) is 0 Å². The maximum absolute atomic E-state index is 8.79.